The van der Waals surface area contributed by atoms with Crippen molar-refractivity contribution in [3.05, 3.63) is 53.5 Å². The van der Waals surface area contributed by atoms with E-state index in [1.165, 1.54) is 6.26 Å². The molecule has 0 saturated heterocycles. The topological polar surface area (TPSA) is 71.3 Å². The van der Waals surface area contributed by atoms with Crippen molar-refractivity contribution in [2.45, 2.75) is 26.8 Å². The van der Waals surface area contributed by atoms with Gasteiger partial charge < -0.3 is 15.1 Å². The number of anilines is 1. The third-order valence-electron chi connectivity index (χ3n) is 3.15. The first kappa shape index (κ1) is 14.8. The van der Waals surface area contributed by atoms with Crippen LogP contribution in [0.5, 0.6) is 0 Å². The van der Waals surface area contributed by atoms with Gasteiger partial charge in [-0.3, -0.25) is 9.59 Å². The number of aryl methyl sites for hydroxylation is 2. The lowest BCUT2D eigenvalue weighted by atomic mass is 10.1. The van der Waals surface area contributed by atoms with Gasteiger partial charge in [0, 0.05) is 5.69 Å². The molecule has 0 spiro atoms. The molecule has 21 heavy (non-hydrogen) atoms. The molecule has 0 fully saturated rings. The maximum atomic E-state index is 11.8. The van der Waals surface area contributed by atoms with Crippen LogP contribution in [-0.2, 0) is 16.1 Å². The summed E-state index contributed by atoms with van der Waals surface area (Å²) in [6, 6.07) is 9.14. The second-order valence-corrected chi connectivity index (χ2v) is 4.88. The molecule has 2 rings (SSSR count). The van der Waals surface area contributed by atoms with Gasteiger partial charge in [-0.15, -0.1) is 0 Å². The van der Waals surface area contributed by atoms with Gasteiger partial charge in [0.1, 0.15) is 12.2 Å². The number of hydrogen-bond acceptors (Lipinski definition) is 3. The van der Waals surface area contributed by atoms with Gasteiger partial charge in [-0.05, 0) is 49.2 Å². The molecule has 2 aromatic rings. The fourth-order valence-corrected chi connectivity index (χ4v) is 1.83. The Bertz CT molecular complexity index is 633. The molecule has 2 N–H and O–H groups in total. The number of furan rings is 1. The average molecular weight is 286 g/mol. The maximum absolute atomic E-state index is 11.8. The normalized spacial score (nSPS) is 10.2. The van der Waals surface area contributed by atoms with E-state index in [4.69, 9.17) is 4.42 Å². The first-order chi connectivity index (χ1) is 10.0. The summed E-state index contributed by atoms with van der Waals surface area (Å²) in [5.74, 6) is -0.0270. The van der Waals surface area contributed by atoms with Crippen LogP contribution in [0.2, 0.25) is 0 Å². The van der Waals surface area contributed by atoms with E-state index in [1.54, 1.807) is 12.1 Å². The summed E-state index contributed by atoms with van der Waals surface area (Å²) in [4.78, 5) is 23.4. The van der Waals surface area contributed by atoms with Gasteiger partial charge in [-0.2, -0.15) is 0 Å². The fraction of sp³-hybridized carbons (Fsp3) is 0.250. The van der Waals surface area contributed by atoms with Crippen LogP contribution in [0.15, 0.2) is 41.0 Å². The minimum atomic E-state index is -0.340. The van der Waals surface area contributed by atoms with Crippen LogP contribution in [-0.4, -0.2) is 11.8 Å². The summed E-state index contributed by atoms with van der Waals surface area (Å²) in [6.07, 6.45) is 1.32. The molecule has 0 aliphatic carbocycles. The van der Waals surface area contributed by atoms with Crippen LogP contribution in [0.25, 0.3) is 0 Å². The van der Waals surface area contributed by atoms with Crippen molar-refractivity contribution in [2.24, 2.45) is 0 Å². The Morgan fingerprint density at radius 2 is 1.90 bits per heavy atom. The first-order valence-corrected chi connectivity index (χ1v) is 6.71. The molecule has 0 atom stereocenters. The van der Waals surface area contributed by atoms with Gasteiger partial charge in [0.15, 0.2) is 0 Å². The molecule has 1 aromatic heterocycles. The Morgan fingerprint density at radius 1 is 1.10 bits per heavy atom. The quantitative estimate of drug-likeness (QED) is 0.830. The van der Waals surface area contributed by atoms with E-state index >= 15 is 0 Å². The van der Waals surface area contributed by atoms with E-state index in [9.17, 15) is 9.59 Å². The molecule has 2 amide bonds. The summed E-state index contributed by atoms with van der Waals surface area (Å²) >= 11 is 0. The van der Waals surface area contributed by atoms with Gasteiger partial charge in [0.25, 0.3) is 0 Å². The molecular formula is C16H18N2O3. The zero-order valence-electron chi connectivity index (χ0n) is 12.1. The van der Waals surface area contributed by atoms with E-state index in [0.717, 1.165) is 11.1 Å². The Hall–Kier alpha value is -2.56. The molecule has 0 unspecified atom stereocenters. The smallest absolute Gasteiger partial charge is 0.233 e. The summed E-state index contributed by atoms with van der Waals surface area (Å²) in [5.41, 5.74) is 2.95. The number of carbonyl (C=O) groups excluding carboxylic acids is 2. The van der Waals surface area contributed by atoms with Crippen molar-refractivity contribution in [1.29, 1.82) is 0 Å². The summed E-state index contributed by atoms with van der Waals surface area (Å²) < 4.78 is 5.09. The highest BCUT2D eigenvalue weighted by molar-refractivity contribution is 6.03. The Kier molecular flexibility index (Phi) is 4.77. The van der Waals surface area contributed by atoms with Gasteiger partial charge in [-0.1, -0.05) is 6.07 Å². The second kappa shape index (κ2) is 6.74. The average Bonchev–Trinajstić information content (AvgIpc) is 2.94. The lowest BCUT2D eigenvalue weighted by Gasteiger charge is -2.08. The largest absolute Gasteiger partial charge is 0.467 e. The predicted octanol–water partition coefficient (Wildman–Crippen LogP) is 2.54. The van der Waals surface area contributed by atoms with E-state index < -0.39 is 0 Å². The third kappa shape index (κ3) is 4.49. The Morgan fingerprint density at radius 3 is 2.57 bits per heavy atom. The lowest BCUT2D eigenvalue weighted by Crippen LogP contribution is -2.27. The first-order valence-electron chi connectivity index (χ1n) is 6.71. The summed E-state index contributed by atoms with van der Waals surface area (Å²) in [6.45, 7) is 4.26. The Labute approximate surface area is 123 Å². The Balaban J connectivity index is 1.80. The summed E-state index contributed by atoms with van der Waals surface area (Å²) in [7, 11) is 0. The third-order valence-corrected chi connectivity index (χ3v) is 3.15. The maximum Gasteiger partial charge on any atom is 0.233 e. The SMILES string of the molecule is Cc1ccc(NC(=O)CC(=O)NCc2ccco2)cc1C. The van der Waals surface area contributed by atoms with Crippen LogP contribution in [0.1, 0.15) is 23.3 Å². The molecule has 0 saturated carbocycles. The van der Waals surface area contributed by atoms with Gasteiger partial charge in [0.05, 0.1) is 12.8 Å². The zero-order chi connectivity index (χ0) is 15.2. The predicted molar refractivity (Wildman–Crippen MR) is 79.7 cm³/mol. The monoisotopic (exact) mass is 286 g/mol. The number of rotatable bonds is 5. The number of nitrogens with one attached hydrogen (secondary N) is 2. The fourth-order valence-electron chi connectivity index (χ4n) is 1.83. The number of hydrogen-bond donors (Lipinski definition) is 2. The van der Waals surface area contributed by atoms with Crippen molar-refractivity contribution in [2.75, 3.05) is 5.32 Å². The molecule has 0 radical (unpaired) electrons. The molecule has 5 heteroatoms. The van der Waals surface area contributed by atoms with Gasteiger partial charge >= 0.3 is 0 Å². The van der Waals surface area contributed by atoms with Gasteiger partial charge in [-0.25, -0.2) is 0 Å². The summed E-state index contributed by atoms with van der Waals surface area (Å²) in [5, 5.41) is 5.34. The van der Waals surface area contributed by atoms with E-state index in [0.29, 0.717) is 11.4 Å². The molecule has 110 valence electrons. The number of amides is 2. The van der Waals surface area contributed by atoms with E-state index in [-0.39, 0.29) is 24.8 Å². The molecule has 0 aliphatic rings. The van der Waals surface area contributed by atoms with Crippen LogP contribution >= 0.6 is 0 Å². The molecular weight excluding hydrogens is 268 g/mol. The number of benzene rings is 1. The molecule has 0 bridgehead atoms. The molecule has 1 aromatic carbocycles. The zero-order valence-corrected chi connectivity index (χ0v) is 12.1. The molecule has 0 aliphatic heterocycles. The van der Waals surface area contributed by atoms with Crippen molar-refractivity contribution < 1.29 is 14.0 Å². The highest BCUT2D eigenvalue weighted by Crippen LogP contribution is 2.14. The molecule has 5 nitrogen and oxygen atoms in total. The van der Waals surface area contributed by atoms with Crippen LogP contribution < -0.4 is 10.6 Å². The number of carbonyl (C=O) groups is 2. The highest BCUT2D eigenvalue weighted by atomic mass is 16.3. The standard InChI is InChI=1S/C16H18N2O3/c1-11-5-6-13(8-12(11)2)18-16(20)9-15(19)17-10-14-4-3-7-21-14/h3-8H,9-10H2,1-2H3,(H,17,19)(H,18,20). The van der Waals surface area contributed by atoms with Crippen molar-refractivity contribution in [3.63, 3.8) is 0 Å². The van der Waals surface area contributed by atoms with Crippen molar-refractivity contribution in [3.8, 4) is 0 Å². The van der Waals surface area contributed by atoms with Crippen LogP contribution in [0.4, 0.5) is 5.69 Å². The van der Waals surface area contributed by atoms with E-state index in [2.05, 4.69) is 10.6 Å². The van der Waals surface area contributed by atoms with Crippen molar-refractivity contribution in [1.82, 2.24) is 5.32 Å². The minimum Gasteiger partial charge on any atom is -0.467 e. The molecule has 1 heterocycles. The van der Waals surface area contributed by atoms with Crippen LogP contribution in [0.3, 0.4) is 0 Å². The highest BCUT2D eigenvalue weighted by Gasteiger charge is 2.10. The lowest BCUT2D eigenvalue weighted by molar-refractivity contribution is -0.127. The van der Waals surface area contributed by atoms with Gasteiger partial charge in [0.2, 0.25) is 11.8 Å². The second-order valence-electron chi connectivity index (χ2n) is 4.88. The van der Waals surface area contributed by atoms with E-state index in [1.807, 2.05) is 32.0 Å². The van der Waals surface area contributed by atoms with Crippen molar-refractivity contribution >= 4 is 17.5 Å². The minimum absolute atomic E-state index is 0.215. The van der Waals surface area contributed by atoms with Crippen LogP contribution in [0, 0.1) is 13.8 Å².